The molecule has 0 spiro atoms. The van der Waals surface area contributed by atoms with Gasteiger partial charge in [-0.3, -0.25) is 4.79 Å². The zero-order chi connectivity index (χ0) is 10.8. The lowest BCUT2D eigenvalue weighted by Gasteiger charge is -2.29. The number of hydrogen-bond donors (Lipinski definition) is 1. The van der Waals surface area contributed by atoms with Gasteiger partial charge in [-0.05, 0) is 40.2 Å². The first-order chi connectivity index (χ1) is 6.38. The van der Waals surface area contributed by atoms with E-state index >= 15 is 0 Å². The summed E-state index contributed by atoms with van der Waals surface area (Å²) in [6.45, 7) is 6.54. The van der Waals surface area contributed by atoms with Gasteiger partial charge in [0.25, 0.3) is 0 Å². The number of rotatable bonds is 1. The van der Waals surface area contributed by atoms with E-state index in [1.807, 2.05) is 20.8 Å². The van der Waals surface area contributed by atoms with Gasteiger partial charge in [-0.25, -0.2) is 0 Å². The van der Waals surface area contributed by atoms with Crippen molar-refractivity contribution in [2.24, 2.45) is 0 Å². The van der Waals surface area contributed by atoms with Gasteiger partial charge < -0.3 is 10.1 Å². The van der Waals surface area contributed by atoms with Crippen molar-refractivity contribution in [3.8, 4) is 0 Å². The van der Waals surface area contributed by atoms with Crippen LogP contribution < -0.4 is 5.32 Å². The predicted octanol–water partition coefficient (Wildman–Crippen LogP) is 1.84. The molecule has 1 aliphatic rings. The Morgan fingerprint density at radius 3 is 2.64 bits per heavy atom. The van der Waals surface area contributed by atoms with Crippen LogP contribution in [0.1, 0.15) is 33.6 Å². The van der Waals surface area contributed by atoms with E-state index in [9.17, 15) is 4.79 Å². The number of carbonyl (C=O) groups excluding carboxylic acids is 1. The van der Waals surface area contributed by atoms with Crippen LogP contribution in [0.4, 0.5) is 0 Å². The summed E-state index contributed by atoms with van der Waals surface area (Å²) < 4.78 is 5.30. The predicted molar refractivity (Wildman–Crippen MR) is 59.6 cm³/mol. The zero-order valence-corrected chi connectivity index (χ0v) is 10.6. The van der Waals surface area contributed by atoms with Crippen molar-refractivity contribution >= 4 is 21.9 Å². The van der Waals surface area contributed by atoms with E-state index in [0.717, 1.165) is 19.4 Å². The maximum atomic E-state index is 11.7. The maximum absolute atomic E-state index is 11.7. The number of hydrogen-bond acceptors (Lipinski definition) is 3. The molecule has 14 heavy (non-hydrogen) atoms. The number of piperidine rings is 1. The number of ether oxygens (including phenoxy) is 1. The van der Waals surface area contributed by atoms with Crippen molar-refractivity contribution in [1.82, 2.24) is 5.32 Å². The SMILES string of the molecule is CC(C)(C)OC(=O)C1CC(Br)CCN1. The van der Waals surface area contributed by atoms with Crippen LogP contribution in [-0.4, -0.2) is 29.0 Å². The molecule has 1 saturated heterocycles. The van der Waals surface area contributed by atoms with Gasteiger partial charge in [-0.1, -0.05) is 15.9 Å². The standard InChI is InChI=1S/C10H18BrNO2/c1-10(2,3)14-9(13)8-6-7(11)4-5-12-8/h7-8,12H,4-6H2,1-3H3. The topological polar surface area (TPSA) is 38.3 Å². The van der Waals surface area contributed by atoms with Gasteiger partial charge in [0.15, 0.2) is 0 Å². The van der Waals surface area contributed by atoms with Crippen LogP contribution in [0.15, 0.2) is 0 Å². The minimum absolute atomic E-state index is 0.137. The highest BCUT2D eigenvalue weighted by Gasteiger charge is 2.29. The van der Waals surface area contributed by atoms with Crippen LogP contribution in [0, 0.1) is 0 Å². The van der Waals surface area contributed by atoms with Crippen LogP contribution in [0.25, 0.3) is 0 Å². The van der Waals surface area contributed by atoms with E-state index in [1.54, 1.807) is 0 Å². The molecule has 1 aliphatic heterocycles. The van der Waals surface area contributed by atoms with E-state index in [-0.39, 0.29) is 12.0 Å². The number of nitrogens with one attached hydrogen (secondary N) is 1. The fourth-order valence-electron chi connectivity index (χ4n) is 1.42. The van der Waals surface area contributed by atoms with Crippen molar-refractivity contribution in [3.05, 3.63) is 0 Å². The third-order valence-electron chi connectivity index (χ3n) is 2.03. The highest BCUT2D eigenvalue weighted by molar-refractivity contribution is 9.09. The Morgan fingerprint density at radius 2 is 2.14 bits per heavy atom. The van der Waals surface area contributed by atoms with E-state index in [4.69, 9.17) is 4.74 Å². The highest BCUT2D eigenvalue weighted by atomic mass is 79.9. The molecule has 1 rings (SSSR count). The summed E-state index contributed by atoms with van der Waals surface area (Å²) in [6, 6.07) is -0.146. The summed E-state index contributed by atoms with van der Waals surface area (Å²) in [4.78, 5) is 12.1. The lowest BCUT2D eigenvalue weighted by Crippen LogP contribution is -2.46. The first kappa shape index (κ1) is 12.0. The van der Waals surface area contributed by atoms with Crippen molar-refractivity contribution in [2.75, 3.05) is 6.54 Å². The second-order valence-electron chi connectivity index (χ2n) is 4.66. The third-order valence-corrected chi connectivity index (χ3v) is 2.86. The van der Waals surface area contributed by atoms with Crippen molar-refractivity contribution in [2.45, 2.75) is 50.1 Å². The molecular weight excluding hydrogens is 246 g/mol. The van der Waals surface area contributed by atoms with Crippen LogP contribution in [0.3, 0.4) is 0 Å². The summed E-state index contributed by atoms with van der Waals surface area (Å²) in [6.07, 6.45) is 1.88. The van der Waals surface area contributed by atoms with Gasteiger partial charge in [0.1, 0.15) is 11.6 Å². The fraction of sp³-hybridized carbons (Fsp3) is 0.900. The van der Waals surface area contributed by atoms with Gasteiger partial charge in [0, 0.05) is 4.83 Å². The number of halogens is 1. The molecule has 0 amide bonds. The summed E-state index contributed by atoms with van der Waals surface area (Å²) in [5, 5.41) is 3.17. The molecule has 1 N–H and O–H groups in total. The van der Waals surface area contributed by atoms with Gasteiger partial charge in [0.05, 0.1) is 0 Å². The van der Waals surface area contributed by atoms with Crippen LogP contribution in [0.2, 0.25) is 0 Å². The second-order valence-corrected chi connectivity index (χ2v) is 5.96. The molecule has 0 saturated carbocycles. The van der Waals surface area contributed by atoms with E-state index in [2.05, 4.69) is 21.2 Å². The smallest absolute Gasteiger partial charge is 0.323 e. The maximum Gasteiger partial charge on any atom is 0.323 e. The average molecular weight is 264 g/mol. The monoisotopic (exact) mass is 263 g/mol. The largest absolute Gasteiger partial charge is 0.459 e. The van der Waals surface area contributed by atoms with Gasteiger partial charge in [-0.15, -0.1) is 0 Å². The molecule has 82 valence electrons. The average Bonchev–Trinajstić information content (AvgIpc) is 2.01. The summed E-state index contributed by atoms with van der Waals surface area (Å²) in [7, 11) is 0. The quantitative estimate of drug-likeness (QED) is 0.580. The Hall–Kier alpha value is -0.0900. The third kappa shape index (κ3) is 3.96. The van der Waals surface area contributed by atoms with Crippen LogP contribution in [0.5, 0.6) is 0 Å². The van der Waals surface area contributed by atoms with Gasteiger partial charge in [-0.2, -0.15) is 0 Å². The molecule has 0 aromatic carbocycles. The Kier molecular flexibility index (Phi) is 3.95. The van der Waals surface area contributed by atoms with Gasteiger partial charge >= 0.3 is 5.97 Å². The lowest BCUT2D eigenvalue weighted by atomic mass is 10.0. The molecule has 0 radical (unpaired) electrons. The first-order valence-electron chi connectivity index (χ1n) is 4.99. The Bertz CT molecular complexity index is 213. The fourth-order valence-corrected chi connectivity index (χ4v) is 2.03. The minimum Gasteiger partial charge on any atom is -0.459 e. The Balaban J connectivity index is 2.44. The molecule has 0 aromatic rings. The molecule has 2 unspecified atom stereocenters. The first-order valence-corrected chi connectivity index (χ1v) is 5.90. The summed E-state index contributed by atoms with van der Waals surface area (Å²) >= 11 is 3.53. The Labute approximate surface area is 93.7 Å². The lowest BCUT2D eigenvalue weighted by molar-refractivity contribution is -0.158. The molecule has 1 fully saturated rings. The van der Waals surface area contributed by atoms with Crippen molar-refractivity contribution in [1.29, 1.82) is 0 Å². The molecule has 4 heteroatoms. The minimum atomic E-state index is -0.391. The zero-order valence-electron chi connectivity index (χ0n) is 8.97. The van der Waals surface area contributed by atoms with Gasteiger partial charge in [0.2, 0.25) is 0 Å². The van der Waals surface area contributed by atoms with Crippen molar-refractivity contribution < 1.29 is 9.53 Å². The van der Waals surface area contributed by atoms with Crippen LogP contribution in [-0.2, 0) is 9.53 Å². The molecule has 3 nitrogen and oxygen atoms in total. The Morgan fingerprint density at radius 1 is 1.50 bits per heavy atom. The highest BCUT2D eigenvalue weighted by Crippen LogP contribution is 2.19. The molecule has 0 aromatic heterocycles. The molecule has 0 bridgehead atoms. The normalized spacial score (nSPS) is 28.6. The number of esters is 1. The number of carbonyl (C=O) groups is 1. The van der Waals surface area contributed by atoms with E-state index in [0.29, 0.717) is 4.83 Å². The van der Waals surface area contributed by atoms with E-state index in [1.165, 1.54) is 0 Å². The molecular formula is C10H18BrNO2. The summed E-state index contributed by atoms with van der Waals surface area (Å²) in [5.74, 6) is -0.137. The van der Waals surface area contributed by atoms with Crippen LogP contribution >= 0.6 is 15.9 Å². The van der Waals surface area contributed by atoms with E-state index < -0.39 is 5.60 Å². The number of alkyl halides is 1. The van der Waals surface area contributed by atoms with Crippen molar-refractivity contribution in [3.63, 3.8) is 0 Å². The molecule has 2 atom stereocenters. The summed E-state index contributed by atoms with van der Waals surface area (Å²) in [5.41, 5.74) is -0.391. The second kappa shape index (κ2) is 4.62. The molecule has 1 heterocycles. The molecule has 0 aliphatic carbocycles.